The van der Waals surface area contributed by atoms with Gasteiger partial charge in [-0.05, 0) is 74.4 Å². The van der Waals surface area contributed by atoms with Crippen molar-refractivity contribution < 1.29 is 18.7 Å². The number of nitrogens with one attached hydrogen (secondary N) is 1. The van der Waals surface area contributed by atoms with Crippen LogP contribution in [0.1, 0.15) is 49.8 Å². The van der Waals surface area contributed by atoms with Crippen LogP contribution in [0.5, 0.6) is 5.88 Å². The van der Waals surface area contributed by atoms with Crippen LogP contribution in [0.4, 0.5) is 10.3 Å². The number of ketones is 1. The average molecular weight is 457 g/mol. The van der Waals surface area contributed by atoms with Crippen LogP contribution in [0.3, 0.4) is 0 Å². The summed E-state index contributed by atoms with van der Waals surface area (Å²) in [6.45, 7) is 0. The van der Waals surface area contributed by atoms with Crippen molar-refractivity contribution in [2.45, 2.75) is 51.0 Å². The molecule has 0 aromatic carbocycles. The van der Waals surface area contributed by atoms with Crippen LogP contribution in [-0.4, -0.2) is 39.0 Å². The van der Waals surface area contributed by atoms with Crippen LogP contribution < -0.4 is 10.1 Å². The number of halogens is 1. The lowest BCUT2D eigenvalue weighted by Gasteiger charge is -2.29. The van der Waals surface area contributed by atoms with Crippen molar-refractivity contribution in [1.82, 2.24) is 15.0 Å². The van der Waals surface area contributed by atoms with Gasteiger partial charge in [-0.1, -0.05) is 0 Å². The minimum Gasteiger partial charge on any atom is -0.481 e. The molecule has 0 radical (unpaired) electrons. The fourth-order valence-electron chi connectivity index (χ4n) is 4.17. The second-order valence-corrected chi connectivity index (χ2v) is 9.21. The number of thioether (sulfide) groups is 1. The first kappa shape index (κ1) is 22.4. The minimum atomic E-state index is -0.339. The number of rotatable bonds is 7. The predicted molar refractivity (Wildman–Crippen MR) is 121 cm³/mol. The van der Waals surface area contributed by atoms with Gasteiger partial charge in [-0.2, -0.15) is 0 Å². The largest absolute Gasteiger partial charge is 0.481 e. The van der Waals surface area contributed by atoms with Gasteiger partial charge in [-0.25, -0.2) is 19.3 Å². The molecule has 4 rings (SSSR count). The Kier molecular flexibility index (Phi) is 7.14. The standard InChI is InChI=1S/C23H25FN4O3S/c1-31-22-15(10-16(24)13-26-22)5-2-14-3-6-17(7-4-14)27-23-25-9-8-18(28-23)11-20-19(29)12-21(30)32-20/h8-11,13-14,17H,2-7,12H2,1H3,(H,25,27,28)/b20-11-. The Morgan fingerprint density at radius 2 is 2.06 bits per heavy atom. The zero-order chi connectivity index (χ0) is 22.5. The summed E-state index contributed by atoms with van der Waals surface area (Å²) >= 11 is 0.975. The lowest BCUT2D eigenvalue weighted by atomic mass is 9.83. The van der Waals surface area contributed by atoms with Gasteiger partial charge >= 0.3 is 0 Å². The Morgan fingerprint density at radius 1 is 1.25 bits per heavy atom. The molecule has 0 spiro atoms. The van der Waals surface area contributed by atoms with Crippen molar-refractivity contribution in [2.24, 2.45) is 5.92 Å². The van der Waals surface area contributed by atoms with Gasteiger partial charge in [0.25, 0.3) is 0 Å². The predicted octanol–water partition coefficient (Wildman–Crippen LogP) is 4.20. The number of carbonyl (C=O) groups is 2. The fraction of sp³-hybridized carbons (Fsp3) is 0.435. The number of pyridine rings is 1. The first-order chi connectivity index (χ1) is 15.5. The SMILES string of the molecule is COc1ncc(F)cc1CCC1CCC(Nc2nccc(/C=C3\SC(=O)CC3=O)n2)CC1. The topological polar surface area (TPSA) is 94.1 Å². The zero-order valence-electron chi connectivity index (χ0n) is 17.8. The maximum absolute atomic E-state index is 13.5. The highest BCUT2D eigenvalue weighted by molar-refractivity contribution is 8.18. The van der Waals surface area contributed by atoms with E-state index in [9.17, 15) is 14.0 Å². The van der Waals surface area contributed by atoms with Crippen LogP contribution in [-0.2, 0) is 16.0 Å². The smallest absolute Gasteiger partial charge is 0.223 e. The minimum absolute atomic E-state index is 0.0432. The van der Waals surface area contributed by atoms with E-state index < -0.39 is 0 Å². The number of methoxy groups -OCH3 is 1. The van der Waals surface area contributed by atoms with Gasteiger partial charge in [0.05, 0.1) is 30.3 Å². The molecular formula is C23H25FN4O3S. The molecule has 1 saturated heterocycles. The summed E-state index contributed by atoms with van der Waals surface area (Å²) in [7, 11) is 1.55. The number of hydrogen-bond donors (Lipinski definition) is 1. The quantitative estimate of drug-likeness (QED) is 0.489. The number of ether oxygens (including phenoxy) is 1. The normalized spacial score (nSPS) is 22.4. The number of hydrogen-bond acceptors (Lipinski definition) is 8. The van der Waals surface area contributed by atoms with Gasteiger partial charge < -0.3 is 10.1 Å². The van der Waals surface area contributed by atoms with E-state index in [4.69, 9.17) is 4.74 Å². The molecule has 0 amide bonds. The summed E-state index contributed by atoms with van der Waals surface area (Å²) in [5, 5.41) is 3.27. The summed E-state index contributed by atoms with van der Waals surface area (Å²) in [4.78, 5) is 36.5. The van der Waals surface area contributed by atoms with Crippen LogP contribution in [0.2, 0.25) is 0 Å². The van der Waals surface area contributed by atoms with Crippen molar-refractivity contribution in [1.29, 1.82) is 0 Å². The zero-order valence-corrected chi connectivity index (χ0v) is 18.7. The van der Waals surface area contributed by atoms with Gasteiger partial charge in [0, 0.05) is 17.8 Å². The molecule has 0 atom stereocenters. The number of aryl methyl sites for hydroxylation is 1. The van der Waals surface area contributed by atoms with Crippen LogP contribution in [0, 0.1) is 11.7 Å². The van der Waals surface area contributed by atoms with Gasteiger partial charge in [0.2, 0.25) is 16.9 Å². The van der Waals surface area contributed by atoms with E-state index in [0.29, 0.717) is 28.3 Å². The van der Waals surface area contributed by atoms with E-state index in [0.717, 1.165) is 55.9 Å². The number of allylic oxidation sites excluding steroid dienone is 1. The van der Waals surface area contributed by atoms with Crippen LogP contribution >= 0.6 is 11.8 Å². The molecule has 0 unspecified atom stereocenters. The van der Waals surface area contributed by atoms with Crippen molar-refractivity contribution in [3.63, 3.8) is 0 Å². The van der Waals surface area contributed by atoms with Crippen molar-refractivity contribution in [3.8, 4) is 5.88 Å². The highest BCUT2D eigenvalue weighted by atomic mass is 32.2. The molecule has 2 aliphatic rings. The van der Waals surface area contributed by atoms with Gasteiger partial charge in [-0.3, -0.25) is 9.59 Å². The fourth-order valence-corrected chi connectivity index (χ4v) is 4.98. The molecule has 2 aromatic heterocycles. The molecule has 32 heavy (non-hydrogen) atoms. The van der Waals surface area contributed by atoms with Gasteiger partial charge in [0.1, 0.15) is 5.82 Å². The van der Waals surface area contributed by atoms with E-state index >= 15 is 0 Å². The first-order valence-electron chi connectivity index (χ1n) is 10.7. The molecule has 1 N–H and O–H groups in total. The molecule has 168 valence electrons. The molecule has 7 nitrogen and oxygen atoms in total. The molecule has 2 fully saturated rings. The van der Waals surface area contributed by atoms with Gasteiger partial charge in [0.15, 0.2) is 5.78 Å². The van der Waals surface area contributed by atoms with E-state index in [1.165, 1.54) is 12.3 Å². The molecule has 0 bridgehead atoms. The van der Waals surface area contributed by atoms with E-state index in [2.05, 4.69) is 20.3 Å². The number of anilines is 1. The van der Waals surface area contributed by atoms with Crippen molar-refractivity contribution in [3.05, 3.63) is 46.5 Å². The average Bonchev–Trinajstić information content (AvgIpc) is 3.10. The number of aromatic nitrogens is 3. The first-order valence-corrected chi connectivity index (χ1v) is 11.6. The number of Topliss-reactive ketones (excluding diaryl/α,β-unsaturated/α-hetero) is 1. The van der Waals surface area contributed by atoms with Crippen molar-refractivity contribution in [2.75, 3.05) is 12.4 Å². The third-order valence-electron chi connectivity index (χ3n) is 5.85. The Bertz CT molecular complexity index is 1040. The molecular weight excluding hydrogens is 431 g/mol. The highest BCUT2D eigenvalue weighted by Gasteiger charge is 2.26. The highest BCUT2D eigenvalue weighted by Crippen LogP contribution is 2.32. The van der Waals surface area contributed by atoms with Gasteiger partial charge in [-0.15, -0.1) is 0 Å². The lowest BCUT2D eigenvalue weighted by molar-refractivity contribution is -0.119. The number of nitrogens with zero attached hydrogens (tertiary/aromatic N) is 3. The Hall–Kier alpha value is -2.81. The summed E-state index contributed by atoms with van der Waals surface area (Å²) in [6, 6.07) is 3.51. The Labute approximate surface area is 190 Å². The molecule has 1 aliphatic carbocycles. The van der Waals surface area contributed by atoms with Crippen LogP contribution in [0.15, 0.2) is 29.4 Å². The van der Waals surface area contributed by atoms with E-state index in [1.807, 2.05) is 0 Å². The molecule has 1 saturated carbocycles. The second kappa shape index (κ2) is 10.2. The second-order valence-electron chi connectivity index (χ2n) is 8.11. The summed E-state index contributed by atoms with van der Waals surface area (Å²) in [5.74, 6) is 1.10. The van der Waals surface area contributed by atoms with E-state index in [-0.39, 0.29) is 29.2 Å². The Balaban J connectivity index is 1.28. The maximum atomic E-state index is 13.5. The van der Waals surface area contributed by atoms with Crippen LogP contribution in [0.25, 0.3) is 6.08 Å². The number of carbonyl (C=O) groups excluding carboxylic acids is 2. The van der Waals surface area contributed by atoms with E-state index in [1.54, 1.807) is 25.4 Å². The molecule has 1 aliphatic heterocycles. The summed E-state index contributed by atoms with van der Waals surface area (Å²) in [6.07, 6.45) is 10.3. The van der Waals surface area contributed by atoms with Crippen molar-refractivity contribution >= 4 is 34.7 Å². The lowest BCUT2D eigenvalue weighted by Crippen LogP contribution is -2.27. The third-order valence-corrected chi connectivity index (χ3v) is 6.78. The molecule has 9 heteroatoms. The summed E-state index contributed by atoms with van der Waals surface area (Å²) in [5.41, 5.74) is 1.42. The maximum Gasteiger partial charge on any atom is 0.223 e. The third kappa shape index (κ3) is 5.70. The Morgan fingerprint density at radius 3 is 2.78 bits per heavy atom. The monoisotopic (exact) mass is 456 g/mol. The summed E-state index contributed by atoms with van der Waals surface area (Å²) < 4.78 is 18.8. The molecule has 3 heterocycles. The molecule has 2 aromatic rings.